The van der Waals surface area contributed by atoms with Crippen molar-refractivity contribution >= 4 is 51.0 Å². The molecule has 2 rings (SSSR count). The van der Waals surface area contributed by atoms with Gasteiger partial charge >= 0.3 is 0 Å². The molecule has 2 aromatic rings. The number of amides is 1. The van der Waals surface area contributed by atoms with Gasteiger partial charge in [-0.15, -0.1) is 0 Å². The van der Waals surface area contributed by atoms with Crippen molar-refractivity contribution in [3.05, 3.63) is 58.1 Å². The van der Waals surface area contributed by atoms with Crippen LogP contribution in [0.3, 0.4) is 0 Å². The first-order chi connectivity index (χ1) is 12.7. The predicted molar refractivity (Wildman–Crippen MR) is 107 cm³/mol. The number of hydrazone groups is 1. The summed E-state index contributed by atoms with van der Waals surface area (Å²) in [4.78, 5) is 12.2. The number of sulfonamides is 1. The summed E-state index contributed by atoms with van der Waals surface area (Å²) in [6.45, 7) is -0.479. The summed E-state index contributed by atoms with van der Waals surface area (Å²) in [6, 6.07) is 11.4. The molecule has 1 amide bonds. The molecule has 1 N–H and O–H groups in total. The third-order valence-corrected chi connectivity index (χ3v) is 5.21. The Bertz CT molecular complexity index is 944. The molecule has 0 aliphatic rings. The lowest BCUT2D eigenvalue weighted by molar-refractivity contribution is -0.119. The Morgan fingerprint density at radius 3 is 2.41 bits per heavy atom. The topological polar surface area (TPSA) is 88.1 Å². The van der Waals surface area contributed by atoms with Crippen LogP contribution in [0.4, 0.5) is 5.69 Å². The third kappa shape index (κ3) is 5.59. The van der Waals surface area contributed by atoms with E-state index in [0.717, 1.165) is 10.6 Å². The van der Waals surface area contributed by atoms with Gasteiger partial charge in [-0.2, -0.15) is 5.10 Å². The number of hydrogen-bond acceptors (Lipinski definition) is 5. The molecule has 0 spiro atoms. The smallest absolute Gasteiger partial charge is 0.260 e. The minimum absolute atomic E-state index is 0.246. The van der Waals surface area contributed by atoms with Crippen molar-refractivity contribution in [2.24, 2.45) is 5.10 Å². The third-order valence-electron chi connectivity index (χ3n) is 3.42. The molecule has 2 aromatic carbocycles. The van der Waals surface area contributed by atoms with Crippen molar-refractivity contribution in [3.8, 4) is 5.75 Å². The molecule has 0 atom stereocenters. The van der Waals surface area contributed by atoms with Crippen LogP contribution in [0.1, 0.15) is 5.56 Å². The Labute approximate surface area is 167 Å². The lowest BCUT2D eigenvalue weighted by Gasteiger charge is -2.23. The average Bonchev–Trinajstić information content (AvgIpc) is 2.61. The second-order valence-corrected chi connectivity index (χ2v) is 8.09. The van der Waals surface area contributed by atoms with Crippen LogP contribution in [0.25, 0.3) is 0 Å². The van der Waals surface area contributed by atoms with Gasteiger partial charge in [-0.1, -0.05) is 41.4 Å². The number of nitrogens with zero attached hydrogens (tertiary/aromatic N) is 2. The van der Waals surface area contributed by atoms with Crippen molar-refractivity contribution in [2.45, 2.75) is 0 Å². The Kier molecular flexibility index (Phi) is 7.06. The van der Waals surface area contributed by atoms with Crippen LogP contribution in [-0.4, -0.2) is 40.4 Å². The number of nitrogens with one attached hydrogen (secondary N) is 1. The van der Waals surface area contributed by atoms with Crippen LogP contribution in [-0.2, 0) is 14.8 Å². The number of rotatable bonds is 7. The summed E-state index contributed by atoms with van der Waals surface area (Å²) >= 11 is 12.0. The summed E-state index contributed by atoms with van der Waals surface area (Å²) in [5, 5.41) is 4.52. The van der Waals surface area contributed by atoms with E-state index in [9.17, 15) is 13.2 Å². The maximum Gasteiger partial charge on any atom is 0.260 e. The molecule has 0 aromatic heterocycles. The first-order valence-electron chi connectivity index (χ1n) is 7.60. The second kappa shape index (κ2) is 9.07. The van der Waals surface area contributed by atoms with Gasteiger partial charge in [0.15, 0.2) is 0 Å². The van der Waals surface area contributed by atoms with Crippen molar-refractivity contribution in [3.63, 3.8) is 0 Å². The molecule has 0 fully saturated rings. The number of benzene rings is 2. The number of para-hydroxylation sites is 2. The highest BCUT2D eigenvalue weighted by Gasteiger charge is 2.23. The van der Waals surface area contributed by atoms with Crippen molar-refractivity contribution < 1.29 is 17.9 Å². The van der Waals surface area contributed by atoms with Gasteiger partial charge in [-0.3, -0.25) is 9.10 Å². The Morgan fingerprint density at radius 2 is 1.81 bits per heavy atom. The number of anilines is 1. The molecule has 0 saturated carbocycles. The molecular formula is C17H17Cl2N3O4S. The zero-order valence-electron chi connectivity index (χ0n) is 14.5. The highest BCUT2D eigenvalue weighted by molar-refractivity contribution is 7.92. The van der Waals surface area contributed by atoms with Gasteiger partial charge in [0.2, 0.25) is 10.0 Å². The molecule has 0 aliphatic heterocycles. The lowest BCUT2D eigenvalue weighted by Crippen LogP contribution is -2.39. The zero-order valence-corrected chi connectivity index (χ0v) is 16.8. The van der Waals surface area contributed by atoms with E-state index < -0.39 is 22.5 Å². The van der Waals surface area contributed by atoms with Gasteiger partial charge in [-0.25, -0.2) is 13.8 Å². The molecule has 0 bridgehead atoms. The second-order valence-electron chi connectivity index (χ2n) is 5.37. The number of carbonyl (C=O) groups is 1. The molecule has 0 heterocycles. The Balaban J connectivity index is 2.17. The fraction of sp³-hybridized carbons (Fsp3) is 0.176. The van der Waals surface area contributed by atoms with Crippen LogP contribution in [0.2, 0.25) is 10.0 Å². The predicted octanol–water partition coefficient (Wildman–Crippen LogP) is 2.92. The molecular weight excluding hydrogens is 413 g/mol. The summed E-state index contributed by atoms with van der Waals surface area (Å²) in [5.41, 5.74) is 2.94. The molecule has 0 radical (unpaired) electrons. The summed E-state index contributed by atoms with van der Waals surface area (Å²) < 4.78 is 30.4. The average molecular weight is 430 g/mol. The number of methoxy groups -OCH3 is 1. The molecule has 144 valence electrons. The standard InChI is InChI=1S/C17H17Cl2N3O4S/c1-26-16-9-4-3-8-15(16)22(27(2,24)25)11-17(23)21-20-10-12-13(18)6-5-7-14(12)19/h3-10H,11H2,1-2H3,(H,21,23)/b20-10-. The molecule has 0 saturated heterocycles. The van der Waals surface area contributed by atoms with E-state index >= 15 is 0 Å². The number of hydrogen-bond donors (Lipinski definition) is 1. The molecule has 0 unspecified atom stereocenters. The van der Waals surface area contributed by atoms with Gasteiger partial charge in [0.1, 0.15) is 12.3 Å². The van der Waals surface area contributed by atoms with Crippen LogP contribution in [0, 0.1) is 0 Å². The van der Waals surface area contributed by atoms with Crippen LogP contribution in [0.5, 0.6) is 5.75 Å². The first kappa shape index (κ1) is 21.0. The molecule has 7 nitrogen and oxygen atoms in total. The largest absolute Gasteiger partial charge is 0.495 e. The van der Waals surface area contributed by atoms with Gasteiger partial charge in [0.25, 0.3) is 5.91 Å². The normalized spacial score (nSPS) is 11.4. The van der Waals surface area contributed by atoms with Crippen LogP contribution >= 0.6 is 23.2 Å². The maximum absolute atomic E-state index is 12.2. The van der Waals surface area contributed by atoms with Crippen LogP contribution in [0.15, 0.2) is 47.6 Å². The summed E-state index contributed by atoms with van der Waals surface area (Å²) in [5.74, 6) is -0.326. The van der Waals surface area contributed by atoms with Crippen molar-refractivity contribution in [1.82, 2.24) is 5.43 Å². The minimum Gasteiger partial charge on any atom is -0.495 e. The highest BCUT2D eigenvalue weighted by Crippen LogP contribution is 2.29. The van der Waals surface area contributed by atoms with Gasteiger partial charge < -0.3 is 4.74 Å². The molecule has 10 heteroatoms. The fourth-order valence-corrected chi connectivity index (χ4v) is 3.54. The van der Waals surface area contributed by atoms with E-state index in [1.54, 1.807) is 42.5 Å². The quantitative estimate of drug-likeness (QED) is 0.541. The van der Waals surface area contributed by atoms with E-state index in [0.29, 0.717) is 21.4 Å². The van der Waals surface area contributed by atoms with E-state index in [4.69, 9.17) is 27.9 Å². The number of carbonyl (C=O) groups excluding carboxylic acids is 1. The number of halogens is 2. The highest BCUT2D eigenvalue weighted by atomic mass is 35.5. The van der Waals surface area contributed by atoms with Gasteiger partial charge in [0.05, 0.1) is 35.3 Å². The first-order valence-corrected chi connectivity index (χ1v) is 10.2. The van der Waals surface area contributed by atoms with E-state index in [1.165, 1.54) is 13.3 Å². The fourth-order valence-electron chi connectivity index (χ4n) is 2.19. The van der Waals surface area contributed by atoms with Crippen LogP contribution < -0.4 is 14.5 Å². The van der Waals surface area contributed by atoms with Gasteiger partial charge in [-0.05, 0) is 24.3 Å². The summed E-state index contributed by atoms with van der Waals surface area (Å²) in [6.07, 6.45) is 2.29. The maximum atomic E-state index is 12.2. The van der Waals surface area contributed by atoms with Gasteiger partial charge in [0, 0.05) is 5.56 Å². The van der Waals surface area contributed by atoms with Crippen molar-refractivity contribution in [1.29, 1.82) is 0 Å². The molecule has 27 heavy (non-hydrogen) atoms. The summed E-state index contributed by atoms with van der Waals surface area (Å²) in [7, 11) is -2.32. The van der Waals surface area contributed by atoms with E-state index in [1.807, 2.05) is 0 Å². The Hall–Kier alpha value is -2.29. The Morgan fingerprint density at radius 1 is 1.19 bits per heavy atom. The SMILES string of the molecule is COc1ccccc1N(CC(=O)N/N=C\c1c(Cl)cccc1Cl)S(C)(=O)=O. The monoisotopic (exact) mass is 429 g/mol. The van der Waals surface area contributed by atoms with Crippen molar-refractivity contribution in [2.75, 3.05) is 24.2 Å². The number of ether oxygens (including phenoxy) is 1. The zero-order chi connectivity index (χ0) is 20.0. The van der Waals surface area contributed by atoms with E-state index in [-0.39, 0.29) is 5.69 Å². The van der Waals surface area contributed by atoms with E-state index in [2.05, 4.69) is 10.5 Å². The molecule has 0 aliphatic carbocycles. The minimum atomic E-state index is -3.74. The lowest BCUT2D eigenvalue weighted by atomic mass is 10.2.